The molecule has 1 aromatic heterocycles. The molecule has 1 amide bonds. The summed E-state index contributed by atoms with van der Waals surface area (Å²) in [5.41, 5.74) is 3.47. The molecule has 0 atom stereocenters. The number of carbonyl (C=O) groups is 1. The summed E-state index contributed by atoms with van der Waals surface area (Å²) in [6.45, 7) is 7.88. The second kappa shape index (κ2) is 7.64. The van der Waals surface area contributed by atoms with Gasteiger partial charge in [0.25, 0.3) is 5.91 Å². The van der Waals surface area contributed by atoms with E-state index in [1.165, 1.54) is 25.7 Å². The van der Waals surface area contributed by atoms with Crippen LogP contribution < -0.4 is 10.2 Å². The third-order valence-electron chi connectivity index (χ3n) is 4.47. The Morgan fingerprint density at radius 2 is 1.56 bits per heavy atom. The van der Waals surface area contributed by atoms with Crippen molar-refractivity contribution in [3.05, 3.63) is 46.9 Å². The van der Waals surface area contributed by atoms with Gasteiger partial charge in [0.15, 0.2) is 0 Å². The second-order valence-corrected chi connectivity index (χ2v) is 6.89. The van der Waals surface area contributed by atoms with Crippen LogP contribution in [0.25, 0.3) is 0 Å². The Labute approximate surface area is 149 Å². The molecule has 1 aromatic carbocycles. The fraction of sp³-hybridized carbons (Fsp3) is 0.450. The smallest absolute Gasteiger partial charge is 0.274 e. The van der Waals surface area contributed by atoms with Gasteiger partial charge in [-0.15, -0.1) is 0 Å². The van der Waals surface area contributed by atoms with Crippen molar-refractivity contribution in [1.82, 2.24) is 9.97 Å². The van der Waals surface area contributed by atoms with E-state index in [0.717, 1.165) is 35.7 Å². The van der Waals surface area contributed by atoms with Crippen LogP contribution in [0.1, 0.15) is 53.1 Å². The maximum absolute atomic E-state index is 12.7. The molecule has 132 valence electrons. The molecule has 3 rings (SSSR count). The van der Waals surface area contributed by atoms with Crippen molar-refractivity contribution < 1.29 is 4.79 Å². The van der Waals surface area contributed by atoms with Gasteiger partial charge in [-0.05, 0) is 56.9 Å². The minimum atomic E-state index is -0.188. The van der Waals surface area contributed by atoms with Gasteiger partial charge in [-0.3, -0.25) is 4.79 Å². The van der Waals surface area contributed by atoms with Crippen LogP contribution >= 0.6 is 0 Å². The molecule has 1 aliphatic heterocycles. The standard InChI is InChI=1S/C20H26N4O/c1-14-10-15(2)12-17(11-14)23-20(25)18-13-19(22-16(3)21-18)24-8-6-4-5-7-9-24/h10-13H,4-9H2,1-3H3,(H,23,25). The summed E-state index contributed by atoms with van der Waals surface area (Å²) in [6.07, 6.45) is 4.88. The monoisotopic (exact) mass is 338 g/mol. The number of amides is 1. The lowest BCUT2D eigenvalue weighted by Crippen LogP contribution is -2.26. The molecule has 0 unspecified atom stereocenters. The van der Waals surface area contributed by atoms with Gasteiger partial charge in [0.1, 0.15) is 17.3 Å². The maximum Gasteiger partial charge on any atom is 0.274 e. The quantitative estimate of drug-likeness (QED) is 0.918. The molecule has 0 bridgehead atoms. The van der Waals surface area contributed by atoms with E-state index >= 15 is 0 Å². The Balaban J connectivity index is 1.82. The topological polar surface area (TPSA) is 58.1 Å². The third-order valence-corrected chi connectivity index (χ3v) is 4.47. The van der Waals surface area contributed by atoms with E-state index in [9.17, 15) is 4.79 Å². The zero-order chi connectivity index (χ0) is 17.8. The zero-order valence-electron chi connectivity index (χ0n) is 15.3. The van der Waals surface area contributed by atoms with Crippen molar-refractivity contribution in [3.63, 3.8) is 0 Å². The number of benzene rings is 1. The number of aromatic nitrogens is 2. The lowest BCUT2D eigenvalue weighted by Gasteiger charge is -2.22. The predicted molar refractivity (Wildman–Crippen MR) is 101 cm³/mol. The maximum atomic E-state index is 12.7. The Hall–Kier alpha value is -2.43. The Morgan fingerprint density at radius 3 is 2.20 bits per heavy atom. The zero-order valence-corrected chi connectivity index (χ0v) is 15.3. The van der Waals surface area contributed by atoms with Crippen molar-refractivity contribution in [1.29, 1.82) is 0 Å². The van der Waals surface area contributed by atoms with Gasteiger partial charge in [0, 0.05) is 24.8 Å². The lowest BCUT2D eigenvalue weighted by molar-refractivity contribution is 0.102. The highest BCUT2D eigenvalue weighted by Gasteiger charge is 2.16. The Morgan fingerprint density at radius 1 is 0.920 bits per heavy atom. The van der Waals surface area contributed by atoms with E-state index in [-0.39, 0.29) is 5.91 Å². The van der Waals surface area contributed by atoms with Crippen molar-refractivity contribution in [2.75, 3.05) is 23.3 Å². The number of rotatable bonds is 3. The average molecular weight is 338 g/mol. The molecule has 2 aromatic rings. The predicted octanol–water partition coefficient (Wildman–Crippen LogP) is 4.03. The van der Waals surface area contributed by atoms with Crippen LogP contribution in [-0.4, -0.2) is 29.0 Å². The fourth-order valence-electron chi connectivity index (χ4n) is 3.37. The number of hydrogen-bond acceptors (Lipinski definition) is 4. The van der Waals surface area contributed by atoms with Crippen LogP contribution in [-0.2, 0) is 0 Å². The van der Waals surface area contributed by atoms with Crippen LogP contribution in [0.2, 0.25) is 0 Å². The first-order chi connectivity index (χ1) is 12.0. The number of hydrogen-bond donors (Lipinski definition) is 1. The summed E-state index contributed by atoms with van der Waals surface area (Å²) in [6, 6.07) is 7.83. The summed E-state index contributed by atoms with van der Waals surface area (Å²) in [5.74, 6) is 1.30. The Bertz CT molecular complexity index is 744. The summed E-state index contributed by atoms with van der Waals surface area (Å²) >= 11 is 0. The van der Waals surface area contributed by atoms with E-state index in [2.05, 4.69) is 26.3 Å². The van der Waals surface area contributed by atoms with Crippen molar-refractivity contribution in [3.8, 4) is 0 Å². The van der Waals surface area contributed by atoms with E-state index < -0.39 is 0 Å². The third kappa shape index (κ3) is 4.56. The van der Waals surface area contributed by atoms with E-state index in [1.54, 1.807) is 0 Å². The number of anilines is 2. The van der Waals surface area contributed by atoms with Gasteiger partial charge in [0.05, 0.1) is 0 Å². The lowest BCUT2D eigenvalue weighted by atomic mass is 10.1. The molecule has 1 aliphatic rings. The first kappa shape index (κ1) is 17.4. The molecule has 5 nitrogen and oxygen atoms in total. The number of carbonyl (C=O) groups excluding carboxylic acids is 1. The molecule has 5 heteroatoms. The average Bonchev–Trinajstić information content (AvgIpc) is 2.82. The SMILES string of the molecule is Cc1cc(C)cc(NC(=O)c2cc(N3CCCCCC3)nc(C)n2)c1. The van der Waals surface area contributed by atoms with Gasteiger partial charge in [0.2, 0.25) is 0 Å². The van der Waals surface area contributed by atoms with Crippen molar-refractivity contribution >= 4 is 17.4 Å². The first-order valence-electron chi connectivity index (χ1n) is 9.01. The fourth-order valence-corrected chi connectivity index (χ4v) is 3.37. The highest BCUT2D eigenvalue weighted by Crippen LogP contribution is 2.20. The second-order valence-electron chi connectivity index (χ2n) is 6.89. The van der Waals surface area contributed by atoms with E-state index in [1.807, 2.05) is 39.0 Å². The molecular formula is C20H26N4O. The van der Waals surface area contributed by atoms with E-state index in [4.69, 9.17) is 0 Å². The minimum absolute atomic E-state index is 0.188. The number of nitrogens with one attached hydrogen (secondary N) is 1. The summed E-state index contributed by atoms with van der Waals surface area (Å²) < 4.78 is 0. The van der Waals surface area contributed by atoms with Crippen LogP contribution in [0.4, 0.5) is 11.5 Å². The summed E-state index contributed by atoms with van der Waals surface area (Å²) in [5, 5.41) is 2.96. The molecule has 2 heterocycles. The molecular weight excluding hydrogens is 312 g/mol. The van der Waals surface area contributed by atoms with Crippen LogP contribution in [0.5, 0.6) is 0 Å². The Kier molecular flexibility index (Phi) is 5.31. The highest BCUT2D eigenvalue weighted by atomic mass is 16.1. The van der Waals surface area contributed by atoms with Gasteiger partial charge in [-0.25, -0.2) is 9.97 Å². The van der Waals surface area contributed by atoms with Crippen LogP contribution in [0, 0.1) is 20.8 Å². The first-order valence-corrected chi connectivity index (χ1v) is 9.01. The molecule has 0 radical (unpaired) electrons. The number of aryl methyl sites for hydroxylation is 3. The van der Waals surface area contributed by atoms with Gasteiger partial charge >= 0.3 is 0 Å². The van der Waals surface area contributed by atoms with Crippen molar-refractivity contribution in [2.24, 2.45) is 0 Å². The minimum Gasteiger partial charge on any atom is -0.356 e. The molecule has 1 saturated heterocycles. The molecule has 0 spiro atoms. The largest absolute Gasteiger partial charge is 0.356 e. The summed E-state index contributed by atoms with van der Waals surface area (Å²) in [7, 11) is 0. The van der Waals surface area contributed by atoms with Crippen molar-refractivity contribution in [2.45, 2.75) is 46.5 Å². The van der Waals surface area contributed by atoms with Gasteiger partial charge in [-0.1, -0.05) is 18.9 Å². The van der Waals surface area contributed by atoms with E-state index in [0.29, 0.717) is 11.5 Å². The molecule has 1 fully saturated rings. The van der Waals surface area contributed by atoms with Gasteiger partial charge < -0.3 is 10.2 Å². The molecule has 25 heavy (non-hydrogen) atoms. The molecule has 0 saturated carbocycles. The summed E-state index contributed by atoms with van der Waals surface area (Å²) in [4.78, 5) is 23.8. The van der Waals surface area contributed by atoms with Crippen LogP contribution in [0.15, 0.2) is 24.3 Å². The normalized spacial score (nSPS) is 14.9. The van der Waals surface area contributed by atoms with Crippen LogP contribution in [0.3, 0.4) is 0 Å². The molecule has 0 aliphatic carbocycles. The van der Waals surface area contributed by atoms with Gasteiger partial charge in [-0.2, -0.15) is 0 Å². The molecule has 1 N–H and O–H groups in total. The highest BCUT2D eigenvalue weighted by molar-refractivity contribution is 6.03. The number of nitrogens with zero attached hydrogens (tertiary/aromatic N) is 3.